The van der Waals surface area contributed by atoms with Crippen molar-refractivity contribution in [2.45, 2.75) is 13.0 Å². The fourth-order valence-corrected chi connectivity index (χ4v) is 3.41. The lowest BCUT2D eigenvalue weighted by Gasteiger charge is -2.22. The van der Waals surface area contributed by atoms with Gasteiger partial charge in [0.05, 0.1) is 21.6 Å². The number of hydrogen-bond donors (Lipinski definition) is 2. The van der Waals surface area contributed by atoms with E-state index in [1.165, 1.54) is 16.7 Å². The van der Waals surface area contributed by atoms with E-state index in [0.717, 1.165) is 5.56 Å². The van der Waals surface area contributed by atoms with Gasteiger partial charge in [0.2, 0.25) is 0 Å². The second kappa shape index (κ2) is 6.11. The highest BCUT2D eigenvalue weighted by Crippen LogP contribution is 2.33. The van der Waals surface area contributed by atoms with E-state index in [0.29, 0.717) is 27.4 Å². The number of hydrogen-bond acceptors (Lipinski definition) is 3. The van der Waals surface area contributed by atoms with Crippen LogP contribution < -0.4 is 5.32 Å². The summed E-state index contributed by atoms with van der Waals surface area (Å²) in [6, 6.07) is 2.02. The Labute approximate surface area is 130 Å². The Hall–Kier alpha value is -1.11. The fourth-order valence-electron chi connectivity index (χ4n) is 1.80. The van der Waals surface area contributed by atoms with E-state index in [-0.39, 0.29) is 0 Å². The molecule has 1 atom stereocenters. The minimum absolute atomic E-state index is 0.305. The zero-order valence-corrected chi connectivity index (χ0v) is 12.8. The number of nitrogens with one attached hydrogen (secondary N) is 1. The Balaban J connectivity index is 2.20. The Morgan fingerprint density at radius 3 is 2.80 bits per heavy atom. The molecule has 5 nitrogen and oxygen atoms in total. The van der Waals surface area contributed by atoms with Crippen molar-refractivity contribution in [3.63, 3.8) is 0 Å². The zero-order chi connectivity index (χ0) is 14.9. The lowest BCUT2D eigenvalue weighted by Crippen LogP contribution is -2.44. The van der Waals surface area contributed by atoms with Crippen LogP contribution in [0, 0.1) is 6.92 Å². The van der Waals surface area contributed by atoms with Crippen molar-refractivity contribution in [1.82, 2.24) is 4.90 Å². The smallest absolute Gasteiger partial charge is 0.327 e. The predicted octanol–water partition coefficient (Wildman–Crippen LogP) is 3.29. The molecule has 0 spiro atoms. The van der Waals surface area contributed by atoms with Crippen molar-refractivity contribution < 1.29 is 14.7 Å². The van der Waals surface area contributed by atoms with Gasteiger partial charge in [-0.3, -0.25) is 0 Å². The largest absolute Gasteiger partial charge is 0.480 e. The molecule has 1 aliphatic heterocycles. The maximum atomic E-state index is 12.2. The topological polar surface area (TPSA) is 69.6 Å². The molecule has 0 aliphatic carbocycles. The van der Waals surface area contributed by atoms with Gasteiger partial charge >= 0.3 is 12.0 Å². The molecule has 108 valence electrons. The molecule has 1 aromatic carbocycles. The first kappa shape index (κ1) is 15.3. The van der Waals surface area contributed by atoms with Gasteiger partial charge in [0.1, 0.15) is 6.04 Å². The summed E-state index contributed by atoms with van der Waals surface area (Å²) < 4.78 is 0. The number of thioether (sulfide) groups is 1. The van der Waals surface area contributed by atoms with E-state index in [1.807, 2.05) is 0 Å². The lowest BCUT2D eigenvalue weighted by atomic mass is 10.2. The summed E-state index contributed by atoms with van der Waals surface area (Å²) in [5.74, 6) is -0.325. The van der Waals surface area contributed by atoms with E-state index in [1.54, 1.807) is 19.1 Å². The zero-order valence-electron chi connectivity index (χ0n) is 10.5. The normalized spacial score (nSPS) is 18.1. The summed E-state index contributed by atoms with van der Waals surface area (Å²) in [5, 5.41) is 12.3. The molecule has 1 aliphatic rings. The molecule has 0 radical (unpaired) electrons. The van der Waals surface area contributed by atoms with Crippen molar-refractivity contribution in [2.75, 3.05) is 16.9 Å². The highest BCUT2D eigenvalue weighted by atomic mass is 35.5. The number of benzene rings is 1. The number of carbonyl (C=O) groups excluding carboxylic acids is 1. The summed E-state index contributed by atoms with van der Waals surface area (Å²) in [6.45, 7) is 1.79. The molecule has 2 rings (SSSR count). The summed E-state index contributed by atoms with van der Waals surface area (Å²) in [4.78, 5) is 24.5. The van der Waals surface area contributed by atoms with Gasteiger partial charge in [0.15, 0.2) is 0 Å². The summed E-state index contributed by atoms with van der Waals surface area (Å²) in [5.41, 5.74) is 1.08. The SMILES string of the molecule is Cc1ccc(Cl)c(NC(=O)N2CSCC2C(=O)O)c1Cl. The van der Waals surface area contributed by atoms with Gasteiger partial charge in [-0.05, 0) is 18.6 Å². The van der Waals surface area contributed by atoms with Crippen LogP contribution in [0.4, 0.5) is 10.5 Å². The number of amides is 2. The molecule has 1 unspecified atom stereocenters. The van der Waals surface area contributed by atoms with Crippen LogP contribution in [-0.4, -0.2) is 39.7 Å². The molecular weight excluding hydrogens is 323 g/mol. The minimum atomic E-state index is -1.02. The number of rotatable bonds is 2. The molecule has 8 heteroatoms. The average Bonchev–Trinajstić information content (AvgIpc) is 2.88. The van der Waals surface area contributed by atoms with Gasteiger partial charge in [-0.2, -0.15) is 0 Å². The van der Waals surface area contributed by atoms with Crippen LogP contribution in [0.15, 0.2) is 12.1 Å². The number of anilines is 1. The van der Waals surface area contributed by atoms with Crippen molar-refractivity contribution in [2.24, 2.45) is 0 Å². The molecule has 1 aromatic rings. The molecule has 1 heterocycles. The van der Waals surface area contributed by atoms with Crippen molar-refractivity contribution in [3.8, 4) is 0 Å². The average molecular weight is 335 g/mol. The van der Waals surface area contributed by atoms with E-state index in [9.17, 15) is 9.59 Å². The molecule has 20 heavy (non-hydrogen) atoms. The van der Waals surface area contributed by atoms with E-state index in [2.05, 4.69) is 5.32 Å². The number of carbonyl (C=O) groups is 2. The van der Waals surface area contributed by atoms with Crippen LogP contribution in [0.5, 0.6) is 0 Å². The minimum Gasteiger partial charge on any atom is -0.480 e. The molecule has 1 saturated heterocycles. The molecule has 0 saturated carbocycles. The standard InChI is InChI=1S/C12H12Cl2N2O3S/c1-6-2-3-7(13)10(9(6)14)15-12(19)16-5-20-4-8(16)11(17)18/h2-3,8H,4-5H2,1H3,(H,15,19)(H,17,18). The number of aryl methyl sites for hydroxylation is 1. The van der Waals surface area contributed by atoms with Gasteiger partial charge in [-0.25, -0.2) is 9.59 Å². The maximum Gasteiger partial charge on any atom is 0.327 e. The number of carboxylic acid groups (broad SMARTS) is 1. The molecular formula is C12H12Cl2N2O3S. The van der Waals surface area contributed by atoms with Crippen molar-refractivity contribution in [1.29, 1.82) is 0 Å². The number of urea groups is 1. The second-order valence-electron chi connectivity index (χ2n) is 4.31. The monoisotopic (exact) mass is 334 g/mol. The van der Waals surface area contributed by atoms with Crippen LogP contribution in [0.1, 0.15) is 5.56 Å². The first-order valence-electron chi connectivity index (χ1n) is 5.74. The fraction of sp³-hybridized carbons (Fsp3) is 0.333. The van der Waals surface area contributed by atoms with Gasteiger partial charge in [0.25, 0.3) is 0 Å². The van der Waals surface area contributed by atoms with Gasteiger partial charge in [0, 0.05) is 5.75 Å². The number of halogens is 2. The Kier molecular flexibility index (Phi) is 4.67. The van der Waals surface area contributed by atoms with Crippen molar-refractivity contribution >= 4 is 52.7 Å². The van der Waals surface area contributed by atoms with Crippen LogP contribution in [0.3, 0.4) is 0 Å². The highest BCUT2D eigenvalue weighted by Gasteiger charge is 2.35. The maximum absolute atomic E-state index is 12.2. The third-order valence-corrected chi connectivity index (χ3v) is 4.76. The van der Waals surface area contributed by atoms with Gasteiger partial charge < -0.3 is 15.3 Å². The lowest BCUT2D eigenvalue weighted by molar-refractivity contribution is -0.140. The first-order valence-corrected chi connectivity index (χ1v) is 7.65. The first-order chi connectivity index (χ1) is 9.41. The molecule has 2 N–H and O–H groups in total. The van der Waals surface area contributed by atoms with Gasteiger partial charge in [-0.15, -0.1) is 11.8 Å². The number of carboxylic acids is 1. The van der Waals surface area contributed by atoms with Crippen LogP contribution in [0.25, 0.3) is 0 Å². The molecule has 0 aromatic heterocycles. The summed E-state index contributed by atoms with van der Waals surface area (Å²) in [7, 11) is 0. The number of aliphatic carboxylic acids is 1. The highest BCUT2D eigenvalue weighted by molar-refractivity contribution is 7.99. The van der Waals surface area contributed by atoms with Crippen molar-refractivity contribution in [3.05, 3.63) is 27.7 Å². The Bertz CT molecular complexity index is 568. The Morgan fingerprint density at radius 1 is 1.45 bits per heavy atom. The van der Waals surface area contributed by atoms with Gasteiger partial charge in [-0.1, -0.05) is 29.3 Å². The quantitative estimate of drug-likeness (QED) is 0.870. The van der Waals surface area contributed by atoms with Crippen LogP contribution >= 0.6 is 35.0 Å². The van der Waals surface area contributed by atoms with E-state index >= 15 is 0 Å². The molecule has 0 bridgehead atoms. The van der Waals surface area contributed by atoms with E-state index in [4.69, 9.17) is 28.3 Å². The third-order valence-electron chi connectivity index (χ3n) is 2.94. The van der Waals surface area contributed by atoms with E-state index < -0.39 is 18.0 Å². The number of nitrogens with zero attached hydrogens (tertiary/aromatic N) is 1. The van der Waals surface area contributed by atoms with Crippen LogP contribution in [0.2, 0.25) is 10.0 Å². The third kappa shape index (κ3) is 2.97. The summed E-state index contributed by atoms with van der Waals surface area (Å²) in [6.07, 6.45) is 0. The van der Waals surface area contributed by atoms with Crippen LogP contribution in [-0.2, 0) is 4.79 Å². The second-order valence-corrected chi connectivity index (χ2v) is 6.09. The predicted molar refractivity (Wildman–Crippen MR) is 80.8 cm³/mol. The molecule has 2 amide bonds. The molecule has 1 fully saturated rings. The Morgan fingerprint density at radius 2 is 2.15 bits per heavy atom. The summed E-state index contributed by atoms with van der Waals surface area (Å²) >= 11 is 13.5.